The highest BCUT2D eigenvalue weighted by atomic mass is 16.6. The lowest BCUT2D eigenvalue weighted by Gasteiger charge is -2.35. The molecular weight excluding hydrogens is 516 g/mol. The summed E-state index contributed by atoms with van der Waals surface area (Å²) in [6.07, 6.45) is 2.13. The number of rotatable bonds is 9. The van der Waals surface area contributed by atoms with Crippen molar-refractivity contribution in [2.45, 2.75) is 77.5 Å². The van der Waals surface area contributed by atoms with Gasteiger partial charge < -0.3 is 30.3 Å². The van der Waals surface area contributed by atoms with Crippen molar-refractivity contribution in [1.82, 2.24) is 20.4 Å². The normalized spacial score (nSPS) is 18.9. The summed E-state index contributed by atoms with van der Waals surface area (Å²) in [4.78, 5) is 65.6. The summed E-state index contributed by atoms with van der Waals surface area (Å²) in [6.45, 7) is 7.58. The van der Waals surface area contributed by atoms with Crippen LogP contribution < -0.4 is 10.6 Å². The summed E-state index contributed by atoms with van der Waals surface area (Å²) >= 11 is 0. The maximum atomic E-state index is 13.0. The Bertz CT molecular complexity index is 1050. The molecule has 0 radical (unpaired) electrons. The van der Waals surface area contributed by atoms with Crippen molar-refractivity contribution in [3.63, 3.8) is 0 Å². The Morgan fingerprint density at radius 1 is 0.975 bits per heavy atom. The van der Waals surface area contributed by atoms with Crippen molar-refractivity contribution in [2.24, 2.45) is 11.8 Å². The van der Waals surface area contributed by atoms with E-state index in [2.05, 4.69) is 10.6 Å². The first-order valence-electron chi connectivity index (χ1n) is 14.0. The fraction of sp³-hybridized carbons (Fsp3) is 0.621. The Hall–Kier alpha value is -3.63. The first-order valence-corrected chi connectivity index (χ1v) is 14.0. The van der Waals surface area contributed by atoms with Crippen LogP contribution in [0.5, 0.6) is 0 Å². The summed E-state index contributed by atoms with van der Waals surface area (Å²) < 4.78 is 5.45. The summed E-state index contributed by atoms with van der Waals surface area (Å²) in [5.41, 5.74) is -0.173. The maximum Gasteiger partial charge on any atom is 0.410 e. The monoisotopic (exact) mass is 558 g/mol. The number of ether oxygens (including phenoxy) is 1. The second kappa shape index (κ2) is 14.1. The van der Waals surface area contributed by atoms with Crippen LogP contribution in [0.1, 0.15) is 76.1 Å². The van der Waals surface area contributed by atoms with Gasteiger partial charge >= 0.3 is 12.1 Å². The molecule has 3 N–H and O–H groups in total. The SMILES string of the molecule is CC(C)(C)OC(=O)N1CCC(CCC(=O)N2CCC[C@@H](C(=O)N[C@H](CC(=O)O)NC(=O)c3ccccc3)C2)CC1. The average molecular weight is 559 g/mol. The van der Waals surface area contributed by atoms with E-state index in [1.54, 1.807) is 40.1 Å². The van der Waals surface area contributed by atoms with Gasteiger partial charge in [-0.3, -0.25) is 19.2 Å². The zero-order valence-electron chi connectivity index (χ0n) is 23.7. The van der Waals surface area contributed by atoms with Crippen LogP contribution in [-0.2, 0) is 19.1 Å². The van der Waals surface area contributed by atoms with Crippen molar-refractivity contribution < 1.29 is 33.8 Å². The third kappa shape index (κ3) is 9.84. The van der Waals surface area contributed by atoms with Crippen LogP contribution in [0.25, 0.3) is 0 Å². The number of nitrogens with zero attached hydrogens (tertiary/aromatic N) is 2. The lowest BCUT2D eigenvalue weighted by molar-refractivity contribution is -0.138. The Morgan fingerprint density at radius 2 is 1.65 bits per heavy atom. The molecule has 3 rings (SSSR count). The van der Waals surface area contributed by atoms with Gasteiger partial charge in [0.15, 0.2) is 0 Å². The molecule has 40 heavy (non-hydrogen) atoms. The molecule has 2 saturated heterocycles. The van der Waals surface area contributed by atoms with Crippen LogP contribution in [0.15, 0.2) is 30.3 Å². The Morgan fingerprint density at radius 3 is 2.27 bits per heavy atom. The van der Waals surface area contributed by atoms with E-state index < -0.39 is 36.0 Å². The van der Waals surface area contributed by atoms with Gasteiger partial charge in [0.25, 0.3) is 5.91 Å². The van der Waals surface area contributed by atoms with Crippen LogP contribution >= 0.6 is 0 Å². The van der Waals surface area contributed by atoms with E-state index in [-0.39, 0.29) is 24.5 Å². The number of piperidine rings is 2. The molecule has 2 heterocycles. The zero-order chi connectivity index (χ0) is 29.3. The molecule has 1 aromatic rings. The number of hydrogen-bond acceptors (Lipinski definition) is 6. The van der Waals surface area contributed by atoms with Gasteiger partial charge in [-0.25, -0.2) is 4.79 Å². The molecule has 11 nitrogen and oxygen atoms in total. The topological polar surface area (TPSA) is 145 Å². The standard InChI is InChI=1S/C29H42N4O7/c1-29(2,3)40-28(39)32-16-13-20(14-17-32)11-12-24(34)33-15-7-10-22(19-33)27(38)31-23(18-25(35)36)30-26(37)21-8-5-4-6-9-21/h4-6,8-9,20,22-23H,7,10-19H2,1-3H3,(H,30,37)(H,31,38)(H,35,36)/t22-,23-/m1/s1. The summed E-state index contributed by atoms with van der Waals surface area (Å²) in [6, 6.07) is 8.35. The molecule has 220 valence electrons. The number of carbonyl (C=O) groups excluding carboxylic acids is 4. The molecule has 1 aromatic carbocycles. The molecule has 0 unspecified atom stereocenters. The lowest BCUT2D eigenvalue weighted by Crippen LogP contribution is -2.53. The molecule has 2 fully saturated rings. The minimum Gasteiger partial charge on any atom is -0.481 e. The van der Waals surface area contributed by atoms with Crippen molar-refractivity contribution in [2.75, 3.05) is 26.2 Å². The number of aliphatic carboxylic acids is 1. The van der Waals surface area contributed by atoms with Crippen molar-refractivity contribution in [1.29, 1.82) is 0 Å². The molecule has 0 saturated carbocycles. The summed E-state index contributed by atoms with van der Waals surface area (Å²) in [7, 11) is 0. The van der Waals surface area contributed by atoms with Crippen LogP contribution in [0.2, 0.25) is 0 Å². The maximum absolute atomic E-state index is 13.0. The predicted molar refractivity (Wildman–Crippen MR) is 147 cm³/mol. The highest BCUT2D eigenvalue weighted by molar-refractivity contribution is 5.95. The quantitative estimate of drug-likeness (QED) is 0.395. The van der Waals surface area contributed by atoms with E-state index in [1.807, 2.05) is 20.8 Å². The molecule has 0 spiro atoms. The van der Waals surface area contributed by atoms with E-state index >= 15 is 0 Å². The number of nitrogens with one attached hydrogen (secondary N) is 2. The lowest BCUT2D eigenvalue weighted by atomic mass is 9.91. The smallest absolute Gasteiger partial charge is 0.410 e. The fourth-order valence-electron chi connectivity index (χ4n) is 5.07. The summed E-state index contributed by atoms with van der Waals surface area (Å²) in [5, 5.41) is 14.5. The van der Waals surface area contributed by atoms with Crippen LogP contribution in [0.3, 0.4) is 0 Å². The Balaban J connectivity index is 1.45. The molecule has 0 aromatic heterocycles. The minimum atomic E-state index is -1.16. The fourth-order valence-corrected chi connectivity index (χ4v) is 5.07. The Labute approximate surface area is 235 Å². The van der Waals surface area contributed by atoms with Gasteiger partial charge in [0.2, 0.25) is 11.8 Å². The molecule has 2 aliphatic rings. The third-order valence-corrected chi connectivity index (χ3v) is 7.21. The number of carboxylic acid groups (broad SMARTS) is 1. The van der Waals surface area contributed by atoms with Crippen molar-refractivity contribution in [3.8, 4) is 0 Å². The minimum absolute atomic E-state index is 0.00783. The van der Waals surface area contributed by atoms with Crippen LogP contribution in [0, 0.1) is 11.8 Å². The summed E-state index contributed by atoms with van der Waals surface area (Å²) in [5.74, 6) is -2.17. The number of carbonyl (C=O) groups is 5. The predicted octanol–water partition coefficient (Wildman–Crippen LogP) is 3.00. The van der Waals surface area contributed by atoms with Crippen LogP contribution in [0.4, 0.5) is 4.79 Å². The molecule has 0 aliphatic carbocycles. The van der Waals surface area contributed by atoms with Gasteiger partial charge in [-0.1, -0.05) is 18.2 Å². The van der Waals surface area contributed by atoms with E-state index in [1.165, 1.54) is 0 Å². The highest BCUT2D eigenvalue weighted by Crippen LogP contribution is 2.25. The number of benzene rings is 1. The molecule has 2 aliphatic heterocycles. The van der Waals surface area contributed by atoms with E-state index in [0.717, 1.165) is 19.3 Å². The molecular formula is C29H42N4O7. The third-order valence-electron chi connectivity index (χ3n) is 7.21. The largest absolute Gasteiger partial charge is 0.481 e. The average Bonchev–Trinajstić information content (AvgIpc) is 2.91. The van der Waals surface area contributed by atoms with E-state index in [9.17, 15) is 29.1 Å². The Kier molecular flexibility index (Phi) is 10.9. The second-order valence-corrected chi connectivity index (χ2v) is 11.6. The highest BCUT2D eigenvalue weighted by Gasteiger charge is 2.31. The van der Waals surface area contributed by atoms with Gasteiger partial charge in [-0.2, -0.15) is 0 Å². The van der Waals surface area contributed by atoms with E-state index in [4.69, 9.17) is 4.74 Å². The van der Waals surface area contributed by atoms with Gasteiger partial charge in [0.05, 0.1) is 12.3 Å². The van der Waals surface area contributed by atoms with Crippen LogP contribution in [-0.4, -0.2) is 82.6 Å². The van der Waals surface area contributed by atoms with E-state index in [0.29, 0.717) is 50.4 Å². The van der Waals surface area contributed by atoms with Gasteiger partial charge in [-0.15, -0.1) is 0 Å². The van der Waals surface area contributed by atoms with Gasteiger partial charge in [0.1, 0.15) is 11.8 Å². The first kappa shape index (κ1) is 30.9. The van der Waals surface area contributed by atoms with Crippen molar-refractivity contribution >= 4 is 29.8 Å². The first-order chi connectivity index (χ1) is 18.9. The second-order valence-electron chi connectivity index (χ2n) is 11.6. The number of amides is 4. The van der Waals surface area contributed by atoms with Crippen molar-refractivity contribution in [3.05, 3.63) is 35.9 Å². The number of likely N-dealkylation sites (tertiary alicyclic amines) is 2. The number of hydrogen-bond donors (Lipinski definition) is 3. The number of carboxylic acids is 1. The zero-order valence-corrected chi connectivity index (χ0v) is 23.7. The molecule has 0 bridgehead atoms. The van der Waals surface area contributed by atoms with Gasteiger partial charge in [0, 0.05) is 38.2 Å². The van der Waals surface area contributed by atoms with Gasteiger partial charge in [-0.05, 0) is 70.9 Å². The molecule has 11 heteroatoms. The molecule has 2 atom stereocenters. The molecule has 4 amide bonds.